The van der Waals surface area contributed by atoms with Gasteiger partial charge in [-0.15, -0.1) is 10.2 Å². The number of amides is 3. The number of rotatable bonds is 9. The van der Waals surface area contributed by atoms with E-state index in [2.05, 4.69) is 20.8 Å². The van der Waals surface area contributed by atoms with Gasteiger partial charge in [0.2, 0.25) is 5.91 Å². The van der Waals surface area contributed by atoms with Crippen LogP contribution in [0.2, 0.25) is 0 Å². The van der Waals surface area contributed by atoms with E-state index < -0.39 is 6.03 Å². The summed E-state index contributed by atoms with van der Waals surface area (Å²) in [5.74, 6) is 1.65. The molecule has 0 spiro atoms. The second-order valence-electron chi connectivity index (χ2n) is 8.18. The Balaban J connectivity index is 1.38. The normalized spacial score (nSPS) is 13.7. The first-order chi connectivity index (χ1) is 17.1. The molecule has 2 aromatic carbocycles. The number of carbonyl (C=O) groups excluding carboxylic acids is 2. The van der Waals surface area contributed by atoms with E-state index in [0.29, 0.717) is 16.7 Å². The molecule has 3 aromatic rings. The summed E-state index contributed by atoms with van der Waals surface area (Å²) < 4.78 is 12.9. The first kappa shape index (κ1) is 24.6. The number of methoxy groups -OCH3 is 1. The molecule has 10 heteroatoms. The van der Waals surface area contributed by atoms with Gasteiger partial charge >= 0.3 is 6.03 Å². The van der Waals surface area contributed by atoms with Gasteiger partial charge in [0, 0.05) is 11.7 Å². The number of ether oxygens (including phenoxy) is 2. The van der Waals surface area contributed by atoms with E-state index in [1.54, 1.807) is 7.11 Å². The molecular formula is C25H29N5O4S. The third-order valence-electron chi connectivity index (χ3n) is 5.67. The van der Waals surface area contributed by atoms with Gasteiger partial charge in [0.15, 0.2) is 11.0 Å². The molecule has 1 fully saturated rings. The van der Waals surface area contributed by atoms with Crippen LogP contribution in [0, 0.1) is 0 Å². The maximum Gasteiger partial charge on any atom is 0.321 e. The molecule has 0 unspecified atom stereocenters. The first-order valence-corrected chi connectivity index (χ1v) is 12.6. The summed E-state index contributed by atoms with van der Waals surface area (Å²) >= 11 is 1.21. The Morgan fingerprint density at radius 3 is 2.43 bits per heavy atom. The third-order valence-corrected chi connectivity index (χ3v) is 6.60. The second-order valence-corrected chi connectivity index (χ2v) is 9.12. The SMILES string of the molecule is COc1ccc(OCc2nnc(SCC(=O)NC(=O)NC3CCCCC3)n2-c2ccccc2)cc1. The van der Waals surface area contributed by atoms with Crippen LogP contribution in [-0.2, 0) is 11.4 Å². The minimum Gasteiger partial charge on any atom is -0.497 e. The first-order valence-electron chi connectivity index (χ1n) is 11.6. The highest BCUT2D eigenvalue weighted by Gasteiger charge is 2.19. The van der Waals surface area contributed by atoms with Gasteiger partial charge in [-0.2, -0.15) is 0 Å². The largest absolute Gasteiger partial charge is 0.497 e. The Hall–Kier alpha value is -3.53. The molecular weight excluding hydrogens is 466 g/mol. The van der Waals surface area contributed by atoms with Gasteiger partial charge in [-0.25, -0.2) is 4.79 Å². The maximum absolute atomic E-state index is 12.4. The van der Waals surface area contributed by atoms with Gasteiger partial charge < -0.3 is 14.8 Å². The summed E-state index contributed by atoms with van der Waals surface area (Å²) in [6.07, 6.45) is 5.32. The molecule has 1 aliphatic carbocycles. The summed E-state index contributed by atoms with van der Waals surface area (Å²) in [6, 6.07) is 16.6. The number of urea groups is 1. The van der Waals surface area contributed by atoms with E-state index in [9.17, 15) is 9.59 Å². The van der Waals surface area contributed by atoms with E-state index in [-0.39, 0.29) is 24.3 Å². The molecule has 1 aromatic heterocycles. The van der Waals surface area contributed by atoms with Gasteiger partial charge in [0.25, 0.3) is 0 Å². The summed E-state index contributed by atoms with van der Waals surface area (Å²) in [7, 11) is 1.61. The standard InChI is InChI=1S/C25H29N5O4S/c1-33-20-12-14-21(15-13-20)34-16-22-28-29-25(30(22)19-10-6-3-7-11-19)35-17-23(31)27-24(32)26-18-8-4-2-5-9-18/h3,6-7,10-15,18H,2,4-5,8-9,16-17H2,1H3,(H2,26,27,31,32). The van der Waals surface area contributed by atoms with Crippen LogP contribution in [0.5, 0.6) is 11.5 Å². The second kappa shape index (κ2) is 12.3. The number of benzene rings is 2. The fourth-order valence-electron chi connectivity index (χ4n) is 3.90. The van der Waals surface area contributed by atoms with Crippen molar-refractivity contribution in [1.29, 1.82) is 0 Å². The van der Waals surface area contributed by atoms with Crippen molar-refractivity contribution in [1.82, 2.24) is 25.4 Å². The van der Waals surface area contributed by atoms with Gasteiger partial charge in [0.05, 0.1) is 12.9 Å². The summed E-state index contributed by atoms with van der Waals surface area (Å²) in [4.78, 5) is 24.6. The monoisotopic (exact) mass is 495 g/mol. The van der Waals surface area contributed by atoms with Crippen molar-refractivity contribution < 1.29 is 19.1 Å². The number of nitrogens with one attached hydrogen (secondary N) is 2. The fourth-order valence-corrected chi connectivity index (χ4v) is 4.68. The van der Waals surface area contributed by atoms with Crippen molar-refractivity contribution in [3.8, 4) is 17.2 Å². The van der Waals surface area contributed by atoms with Crippen LogP contribution in [0.1, 0.15) is 37.9 Å². The zero-order chi connectivity index (χ0) is 24.5. The molecule has 0 saturated heterocycles. The van der Waals surface area contributed by atoms with Crippen molar-refractivity contribution in [2.75, 3.05) is 12.9 Å². The summed E-state index contributed by atoms with van der Waals surface area (Å²) in [5.41, 5.74) is 0.851. The van der Waals surface area contributed by atoms with Crippen LogP contribution in [-0.4, -0.2) is 45.6 Å². The minimum absolute atomic E-state index is 0.0301. The van der Waals surface area contributed by atoms with E-state index in [1.165, 1.54) is 18.2 Å². The lowest BCUT2D eigenvalue weighted by atomic mass is 9.96. The van der Waals surface area contributed by atoms with Gasteiger partial charge in [-0.3, -0.25) is 14.7 Å². The molecule has 1 heterocycles. The topological polar surface area (TPSA) is 107 Å². The van der Waals surface area contributed by atoms with Crippen LogP contribution in [0.15, 0.2) is 59.8 Å². The van der Waals surface area contributed by atoms with Crippen LogP contribution in [0.4, 0.5) is 4.79 Å². The maximum atomic E-state index is 12.4. The quantitative estimate of drug-likeness (QED) is 0.430. The predicted molar refractivity (Wildman–Crippen MR) is 133 cm³/mol. The minimum atomic E-state index is -0.444. The molecule has 9 nitrogen and oxygen atoms in total. The molecule has 0 atom stereocenters. The average molecular weight is 496 g/mol. The van der Waals surface area contributed by atoms with E-state index in [0.717, 1.165) is 37.1 Å². The predicted octanol–water partition coefficient (Wildman–Crippen LogP) is 4.11. The summed E-state index contributed by atoms with van der Waals surface area (Å²) in [5, 5.41) is 14.4. The Morgan fingerprint density at radius 1 is 1.00 bits per heavy atom. The Morgan fingerprint density at radius 2 is 1.71 bits per heavy atom. The molecule has 1 aliphatic rings. The van der Waals surface area contributed by atoms with Crippen molar-refractivity contribution in [3.05, 3.63) is 60.4 Å². The molecule has 184 valence electrons. The van der Waals surface area contributed by atoms with Crippen LogP contribution in [0.3, 0.4) is 0 Å². The van der Waals surface area contributed by atoms with Crippen molar-refractivity contribution in [2.24, 2.45) is 0 Å². The molecule has 0 radical (unpaired) electrons. The summed E-state index contributed by atoms with van der Waals surface area (Å²) in [6.45, 7) is 0.185. The van der Waals surface area contributed by atoms with E-state index in [1.807, 2.05) is 59.2 Å². The highest BCUT2D eigenvalue weighted by Crippen LogP contribution is 2.24. The number of hydrogen-bond acceptors (Lipinski definition) is 7. The van der Waals surface area contributed by atoms with E-state index in [4.69, 9.17) is 9.47 Å². The van der Waals surface area contributed by atoms with Crippen LogP contribution >= 0.6 is 11.8 Å². The van der Waals surface area contributed by atoms with Gasteiger partial charge in [-0.05, 0) is 49.2 Å². The number of aromatic nitrogens is 3. The molecule has 0 aliphatic heterocycles. The van der Waals surface area contributed by atoms with Gasteiger partial charge in [0.1, 0.15) is 18.1 Å². The molecule has 2 N–H and O–H groups in total. The Kier molecular flexibility index (Phi) is 8.61. The average Bonchev–Trinajstić information content (AvgIpc) is 3.30. The molecule has 1 saturated carbocycles. The zero-order valence-corrected chi connectivity index (χ0v) is 20.4. The van der Waals surface area contributed by atoms with Crippen LogP contribution in [0.25, 0.3) is 5.69 Å². The van der Waals surface area contributed by atoms with Crippen molar-refractivity contribution >= 4 is 23.7 Å². The lowest BCUT2D eigenvalue weighted by Crippen LogP contribution is -2.45. The number of imide groups is 1. The third kappa shape index (κ3) is 6.98. The van der Waals surface area contributed by atoms with E-state index >= 15 is 0 Å². The molecule has 0 bridgehead atoms. The number of para-hydroxylation sites is 1. The highest BCUT2D eigenvalue weighted by molar-refractivity contribution is 7.99. The smallest absolute Gasteiger partial charge is 0.321 e. The van der Waals surface area contributed by atoms with Crippen molar-refractivity contribution in [3.63, 3.8) is 0 Å². The van der Waals surface area contributed by atoms with Crippen LogP contribution < -0.4 is 20.1 Å². The Bertz CT molecular complexity index is 1110. The lowest BCUT2D eigenvalue weighted by molar-refractivity contribution is -0.117. The lowest BCUT2D eigenvalue weighted by Gasteiger charge is -2.22. The highest BCUT2D eigenvalue weighted by atomic mass is 32.2. The van der Waals surface area contributed by atoms with Gasteiger partial charge in [-0.1, -0.05) is 49.2 Å². The number of thioether (sulfide) groups is 1. The number of hydrogen-bond donors (Lipinski definition) is 2. The molecule has 35 heavy (non-hydrogen) atoms. The number of carbonyl (C=O) groups is 2. The zero-order valence-electron chi connectivity index (χ0n) is 19.6. The van der Waals surface area contributed by atoms with Crippen molar-refractivity contribution in [2.45, 2.75) is 49.9 Å². The Labute approximate surface area is 208 Å². The fraction of sp³-hybridized carbons (Fsp3) is 0.360. The number of nitrogens with zero attached hydrogens (tertiary/aromatic N) is 3. The molecule has 4 rings (SSSR count). The molecule has 3 amide bonds.